The molecule has 0 saturated carbocycles. The minimum Gasteiger partial charge on any atom is -0.370 e. The maximum absolute atomic E-state index is 6.55. The van der Waals surface area contributed by atoms with Gasteiger partial charge in [-0.15, -0.1) is 0 Å². The smallest absolute Gasteiger partial charge is 0.0633 e. The molecule has 0 heterocycles. The fourth-order valence-corrected chi connectivity index (χ4v) is 4.45. The van der Waals surface area contributed by atoms with E-state index in [-0.39, 0.29) is 11.2 Å². The van der Waals surface area contributed by atoms with E-state index in [0.29, 0.717) is 0 Å². The summed E-state index contributed by atoms with van der Waals surface area (Å²) in [4.78, 5) is 0. The molecule has 0 aliphatic heterocycles. The molecule has 0 amide bonds. The fraction of sp³-hybridized carbons (Fsp3) is 1.00. The van der Waals surface area contributed by atoms with Crippen LogP contribution in [0.15, 0.2) is 0 Å². The fourth-order valence-electron chi connectivity index (χ4n) is 4.45. The van der Waals surface area contributed by atoms with E-state index in [1.54, 1.807) is 0 Å². The van der Waals surface area contributed by atoms with Crippen LogP contribution in [0.5, 0.6) is 0 Å². The van der Waals surface area contributed by atoms with Crippen LogP contribution >= 0.6 is 0 Å². The average molecular weight is 355 g/mol. The summed E-state index contributed by atoms with van der Waals surface area (Å²) in [7, 11) is 0. The van der Waals surface area contributed by atoms with Gasteiger partial charge in [0.05, 0.1) is 11.2 Å². The van der Waals surface area contributed by atoms with E-state index in [1.807, 2.05) is 0 Å². The molecule has 25 heavy (non-hydrogen) atoms. The molecule has 2 atom stereocenters. The van der Waals surface area contributed by atoms with Crippen LogP contribution in [-0.2, 0) is 4.74 Å². The second kappa shape index (κ2) is 11.6. The molecule has 1 heteroatoms. The van der Waals surface area contributed by atoms with E-state index >= 15 is 0 Å². The highest BCUT2D eigenvalue weighted by molar-refractivity contribution is 4.78. The topological polar surface area (TPSA) is 9.23 Å². The van der Waals surface area contributed by atoms with Crippen molar-refractivity contribution in [2.45, 2.75) is 132 Å². The molecule has 0 N–H and O–H groups in total. The van der Waals surface area contributed by atoms with Crippen LogP contribution in [0.4, 0.5) is 0 Å². The summed E-state index contributed by atoms with van der Waals surface area (Å²) in [6.45, 7) is 23.2. The van der Waals surface area contributed by atoms with E-state index in [0.717, 1.165) is 23.7 Å². The molecule has 0 fully saturated rings. The SMILES string of the molecule is CC(C)CC(C)CCCC(C)(C)OC(C)(C)CCCC(C)CC(C)C. The van der Waals surface area contributed by atoms with Crippen molar-refractivity contribution in [2.75, 3.05) is 0 Å². The van der Waals surface area contributed by atoms with Crippen LogP contribution in [0.3, 0.4) is 0 Å². The lowest BCUT2D eigenvalue weighted by atomic mass is 9.89. The molecule has 0 rings (SSSR count). The van der Waals surface area contributed by atoms with Gasteiger partial charge in [-0.1, -0.05) is 67.2 Å². The quantitative estimate of drug-likeness (QED) is 0.305. The molecule has 0 aromatic heterocycles. The van der Waals surface area contributed by atoms with Gasteiger partial charge in [-0.05, 0) is 77.0 Å². The summed E-state index contributed by atoms with van der Waals surface area (Å²) >= 11 is 0. The predicted molar refractivity (Wildman–Crippen MR) is 114 cm³/mol. The Hall–Kier alpha value is -0.0400. The monoisotopic (exact) mass is 354 g/mol. The zero-order chi connectivity index (χ0) is 19.7. The first-order valence-electron chi connectivity index (χ1n) is 11.0. The molecule has 0 saturated heterocycles. The Labute approximate surface area is 160 Å². The Kier molecular flexibility index (Phi) is 11.6. The molecule has 0 aromatic rings. The third-order valence-corrected chi connectivity index (χ3v) is 5.25. The number of ether oxygens (including phenoxy) is 1. The Bertz CT molecular complexity index is 295. The highest BCUT2D eigenvalue weighted by Crippen LogP contribution is 2.30. The predicted octanol–water partition coefficient (Wildman–Crippen LogP) is 8.27. The van der Waals surface area contributed by atoms with Gasteiger partial charge in [-0.3, -0.25) is 0 Å². The number of hydrogen-bond acceptors (Lipinski definition) is 1. The van der Waals surface area contributed by atoms with E-state index in [4.69, 9.17) is 4.74 Å². The van der Waals surface area contributed by atoms with Crippen molar-refractivity contribution in [1.29, 1.82) is 0 Å². The van der Waals surface area contributed by atoms with Gasteiger partial charge in [0.25, 0.3) is 0 Å². The van der Waals surface area contributed by atoms with E-state index in [2.05, 4.69) is 69.2 Å². The zero-order valence-electron chi connectivity index (χ0n) is 19.4. The summed E-state index contributed by atoms with van der Waals surface area (Å²) in [5, 5.41) is 0. The third kappa shape index (κ3) is 14.8. The third-order valence-electron chi connectivity index (χ3n) is 5.25. The molecule has 2 unspecified atom stereocenters. The van der Waals surface area contributed by atoms with Crippen molar-refractivity contribution in [2.24, 2.45) is 23.7 Å². The molecule has 1 nitrogen and oxygen atoms in total. The minimum atomic E-state index is -0.00933. The van der Waals surface area contributed by atoms with Crippen molar-refractivity contribution in [3.05, 3.63) is 0 Å². The van der Waals surface area contributed by atoms with Crippen molar-refractivity contribution in [3.63, 3.8) is 0 Å². The number of rotatable bonds is 14. The normalized spacial score (nSPS) is 15.8. The summed E-state index contributed by atoms with van der Waals surface area (Å²) < 4.78 is 6.55. The van der Waals surface area contributed by atoms with Crippen LogP contribution in [0.1, 0.15) is 121 Å². The first kappa shape index (κ1) is 25.0. The molecular formula is C24H50O. The van der Waals surface area contributed by atoms with Gasteiger partial charge in [0, 0.05) is 0 Å². The van der Waals surface area contributed by atoms with Gasteiger partial charge in [-0.2, -0.15) is 0 Å². The zero-order valence-corrected chi connectivity index (χ0v) is 19.4. The number of hydrogen-bond donors (Lipinski definition) is 0. The van der Waals surface area contributed by atoms with Crippen molar-refractivity contribution in [3.8, 4) is 0 Å². The van der Waals surface area contributed by atoms with Crippen molar-refractivity contribution in [1.82, 2.24) is 0 Å². The lowest BCUT2D eigenvalue weighted by molar-refractivity contribution is -0.131. The van der Waals surface area contributed by atoms with E-state index in [1.165, 1.54) is 51.4 Å². The summed E-state index contributed by atoms with van der Waals surface area (Å²) in [6.07, 6.45) is 10.3. The molecule has 152 valence electrons. The lowest BCUT2D eigenvalue weighted by Crippen LogP contribution is -2.37. The first-order chi connectivity index (χ1) is 11.3. The van der Waals surface area contributed by atoms with Gasteiger partial charge in [-0.25, -0.2) is 0 Å². The Balaban J connectivity index is 4.14. The van der Waals surface area contributed by atoms with Gasteiger partial charge < -0.3 is 4.74 Å². The Morgan fingerprint density at radius 2 is 0.920 bits per heavy atom. The maximum Gasteiger partial charge on any atom is 0.0633 e. The molecule has 0 spiro atoms. The van der Waals surface area contributed by atoms with Gasteiger partial charge in [0.1, 0.15) is 0 Å². The molecule has 0 bridgehead atoms. The van der Waals surface area contributed by atoms with Crippen LogP contribution in [-0.4, -0.2) is 11.2 Å². The van der Waals surface area contributed by atoms with Gasteiger partial charge >= 0.3 is 0 Å². The van der Waals surface area contributed by atoms with Crippen LogP contribution < -0.4 is 0 Å². The molecule has 0 aliphatic rings. The van der Waals surface area contributed by atoms with E-state index < -0.39 is 0 Å². The second-order valence-electron chi connectivity index (χ2n) is 10.9. The largest absolute Gasteiger partial charge is 0.370 e. The second-order valence-corrected chi connectivity index (χ2v) is 10.9. The minimum absolute atomic E-state index is 0.00933. The first-order valence-corrected chi connectivity index (χ1v) is 11.0. The van der Waals surface area contributed by atoms with Crippen LogP contribution in [0, 0.1) is 23.7 Å². The van der Waals surface area contributed by atoms with Crippen molar-refractivity contribution < 1.29 is 4.74 Å². The molecular weight excluding hydrogens is 304 g/mol. The highest BCUT2D eigenvalue weighted by atomic mass is 16.5. The molecule has 0 aromatic carbocycles. The molecule has 0 radical (unpaired) electrons. The lowest BCUT2D eigenvalue weighted by Gasteiger charge is -2.37. The van der Waals surface area contributed by atoms with Crippen LogP contribution in [0.2, 0.25) is 0 Å². The summed E-state index contributed by atoms with van der Waals surface area (Å²) in [5.74, 6) is 3.31. The summed E-state index contributed by atoms with van der Waals surface area (Å²) in [5.41, 5.74) is -0.0187. The maximum atomic E-state index is 6.55. The average Bonchev–Trinajstić information content (AvgIpc) is 2.34. The summed E-state index contributed by atoms with van der Waals surface area (Å²) in [6, 6.07) is 0. The van der Waals surface area contributed by atoms with Crippen LogP contribution in [0.25, 0.3) is 0 Å². The standard InChI is InChI=1S/C24H50O/c1-19(2)17-21(5)13-11-15-23(7,8)25-24(9,10)16-12-14-22(6)18-20(3)4/h19-22H,11-18H2,1-10H3. The molecule has 0 aliphatic carbocycles. The Morgan fingerprint density at radius 1 is 0.600 bits per heavy atom. The van der Waals surface area contributed by atoms with E-state index in [9.17, 15) is 0 Å². The van der Waals surface area contributed by atoms with Crippen molar-refractivity contribution >= 4 is 0 Å². The highest BCUT2D eigenvalue weighted by Gasteiger charge is 2.28. The van der Waals surface area contributed by atoms with Gasteiger partial charge in [0.15, 0.2) is 0 Å². The van der Waals surface area contributed by atoms with Gasteiger partial charge in [0.2, 0.25) is 0 Å². The Morgan fingerprint density at radius 3 is 1.20 bits per heavy atom.